The molecular formula is C19H25F3N4O. The molecule has 1 aromatic rings. The van der Waals surface area contributed by atoms with E-state index in [4.69, 9.17) is 0 Å². The number of fused-ring (bicyclic) bond motifs is 1. The van der Waals surface area contributed by atoms with E-state index in [9.17, 15) is 18.0 Å². The number of anilines is 1. The molecule has 3 rings (SSSR count). The van der Waals surface area contributed by atoms with Crippen molar-refractivity contribution in [3.63, 3.8) is 0 Å². The second-order valence-corrected chi connectivity index (χ2v) is 7.45. The molecule has 0 bridgehead atoms. The summed E-state index contributed by atoms with van der Waals surface area (Å²) in [5, 5.41) is 6.27. The van der Waals surface area contributed by atoms with Crippen molar-refractivity contribution < 1.29 is 18.0 Å². The van der Waals surface area contributed by atoms with Crippen molar-refractivity contribution in [2.45, 2.75) is 44.8 Å². The van der Waals surface area contributed by atoms with Gasteiger partial charge in [-0.3, -0.25) is 4.79 Å². The average molecular weight is 382 g/mol. The Bertz CT molecular complexity index is 702. The van der Waals surface area contributed by atoms with Crippen molar-refractivity contribution in [2.24, 2.45) is 11.8 Å². The number of hydrogen-bond donors (Lipinski definition) is 2. The summed E-state index contributed by atoms with van der Waals surface area (Å²) in [6.45, 7) is 2.24. The fraction of sp³-hybridized carbons (Fsp3) is 0.579. The summed E-state index contributed by atoms with van der Waals surface area (Å²) >= 11 is 0. The van der Waals surface area contributed by atoms with E-state index in [2.05, 4.69) is 15.6 Å². The summed E-state index contributed by atoms with van der Waals surface area (Å²) < 4.78 is 37.9. The van der Waals surface area contributed by atoms with Gasteiger partial charge in [-0.25, -0.2) is 4.98 Å². The highest BCUT2D eigenvalue weighted by atomic mass is 19.4. The minimum absolute atomic E-state index is 0.0565. The first-order valence-electron chi connectivity index (χ1n) is 9.22. The van der Waals surface area contributed by atoms with Crippen LogP contribution in [0.15, 0.2) is 30.2 Å². The quantitative estimate of drug-likeness (QED) is 0.821. The standard InChI is InChI=1S/C19H25F3N4O/c1-12(27)25-17-11-23-16-5-3-13(9-15(16)17)7-8-26(2)18-6-4-14(10-24-18)19(20,21)22/h4,6,10-11,13,15-16,23H,3,5,7-9H2,1-2H3,(H,25,27). The van der Waals surface area contributed by atoms with Gasteiger partial charge in [0.25, 0.3) is 0 Å². The van der Waals surface area contributed by atoms with Crippen LogP contribution in [0.2, 0.25) is 0 Å². The Labute approximate surface area is 157 Å². The van der Waals surface area contributed by atoms with Crippen molar-refractivity contribution in [2.75, 3.05) is 18.5 Å². The van der Waals surface area contributed by atoms with E-state index in [-0.39, 0.29) is 5.91 Å². The normalized spacial score (nSPS) is 24.6. The highest BCUT2D eigenvalue weighted by Gasteiger charge is 2.36. The maximum Gasteiger partial charge on any atom is 0.417 e. The Balaban J connectivity index is 1.52. The Kier molecular flexibility index (Phi) is 5.62. The lowest BCUT2D eigenvalue weighted by Gasteiger charge is -2.34. The number of nitrogens with one attached hydrogen (secondary N) is 2. The maximum absolute atomic E-state index is 12.6. The number of hydrogen-bond acceptors (Lipinski definition) is 4. The first-order chi connectivity index (χ1) is 12.7. The molecule has 1 amide bonds. The molecule has 0 aromatic carbocycles. The third-order valence-corrected chi connectivity index (χ3v) is 5.47. The molecule has 3 unspecified atom stereocenters. The van der Waals surface area contributed by atoms with E-state index in [0.29, 0.717) is 23.7 Å². The molecule has 148 valence electrons. The zero-order valence-electron chi connectivity index (χ0n) is 15.5. The molecule has 0 saturated heterocycles. The summed E-state index contributed by atoms with van der Waals surface area (Å²) in [5.74, 6) is 1.32. The molecule has 2 heterocycles. The summed E-state index contributed by atoms with van der Waals surface area (Å²) in [4.78, 5) is 17.2. The van der Waals surface area contributed by atoms with Crippen LogP contribution < -0.4 is 15.5 Å². The molecule has 1 aliphatic heterocycles. The van der Waals surface area contributed by atoms with Gasteiger partial charge in [0, 0.05) is 50.6 Å². The number of aromatic nitrogens is 1. The number of carbonyl (C=O) groups is 1. The fourth-order valence-corrected chi connectivity index (χ4v) is 3.97. The van der Waals surface area contributed by atoms with Crippen LogP contribution in [0.3, 0.4) is 0 Å². The third-order valence-electron chi connectivity index (χ3n) is 5.47. The zero-order valence-corrected chi connectivity index (χ0v) is 15.5. The molecule has 3 atom stereocenters. The predicted molar refractivity (Wildman–Crippen MR) is 96.8 cm³/mol. The molecule has 2 N–H and O–H groups in total. The van der Waals surface area contributed by atoms with Gasteiger partial charge in [0.15, 0.2) is 0 Å². The van der Waals surface area contributed by atoms with E-state index < -0.39 is 11.7 Å². The molecule has 8 heteroatoms. The molecule has 1 aliphatic carbocycles. The van der Waals surface area contributed by atoms with Gasteiger partial charge in [-0.2, -0.15) is 13.2 Å². The van der Waals surface area contributed by atoms with Crippen molar-refractivity contribution in [3.8, 4) is 0 Å². The molecule has 0 spiro atoms. The third kappa shape index (κ3) is 4.73. The highest BCUT2D eigenvalue weighted by molar-refractivity contribution is 5.75. The molecule has 27 heavy (non-hydrogen) atoms. The average Bonchev–Trinajstić information content (AvgIpc) is 3.00. The number of halogens is 3. The van der Waals surface area contributed by atoms with Crippen molar-refractivity contribution >= 4 is 11.7 Å². The van der Waals surface area contributed by atoms with Crippen LogP contribution in [-0.4, -0.2) is 30.5 Å². The number of nitrogens with zero attached hydrogens (tertiary/aromatic N) is 2. The predicted octanol–water partition coefficient (Wildman–Crippen LogP) is 3.29. The van der Waals surface area contributed by atoms with E-state index in [1.807, 2.05) is 18.1 Å². The summed E-state index contributed by atoms with van der Waals surface area (Å²) in [7, 11) is 1.85. The lowest BCUT2D eigenvalue weighted by molar-refractivity contribution is -0.137. The van der Waals surface area contributed by atoms with Crippen LogP contribution in [0.5, 0.6) is 0 Å². The second kappa shape index (κ2) is 7.78. The van der Waals surface area contributed by atoms with Crippen molar-refractivity contribution in [3.05, 3.63) is 35.8 Å². The maximum atomic E-state index is 12.6. The Morgan fingerprint density at radius 1 is 1.37 bits per heavy atom. The SMILES string of the molecule is CC(=O)NC1=CNC2CCC(CCN(C)c3ccc(C(F)(F)F)cn3)CC12. The largest absolute Gasteiger partial charge is 0.417 e. The lowest BCUT2D eigenvalue weighted by atomic mass is 9.76. The summed E-state index contributed by atoms with van der Waals surface area (Å²) in [6, 6.07) is 2.87. The first-order valence-corrected chi connectivity index (χ1v) is 9.22. The Morgan fingerprint density at radius 3 is 2.78 bits per heavy atom. The van der Waals surface area contributed by atoms with E-state index >= 15 is 0 Å². The van der Waals surface area contributed by atoms with Crippen LogP contribution in [0, 0.1) is 11.8 Å². The van der Waals surface area contributed by atoms with Gasteiger partial charge >= 0.3 is 6.18 Å². The van der Waals surface area contributed by atoms with Gasteiger partial charge in [-0.1, -0.05) is 0 Å². The summed E-state index contributed by atoms with van der Waals surface area (Å²) in [6.07, 6.45) is 2.52. The van der Waals surface area contributed by atoms with Gasteiger partial charge in [0.05, 0.1) is 5.56 Å². The van der Waals surface area contributed by atoms with Gasteiger partial charge in [0.2, 0.25) is 5.91 Å². The summed E-state index contributed by atoms with van der Waals surface area (Å²) in [5.41, 5.74) is 0.235. The van der Waals surface area contributed by atoms with Gasteiger partial charge in [0.1, 0.15) is 5.82 Å². The number of alkyl halides is 3. The number of carbonyl (C=O) groups excluding carboxylic acids is 1. The van der Waals surface area contributed by atoms with Gasteiger partial charge in [-0.15, -0.1) is 0 Å². The van der Waals surface area contributed by atoms with E-state index in [1.165, 1.54) is 13.0 Å². The monoisotopic (exact) mass is 382 g/mol. The number of amides is 1. The van der Waals surface area contributed by atoms with Gasteiger partial charge < -0.3 is 15.5 Å². The van der Waals surface area contributed by atoms with E-state index in [1.54, 1.807) is 0 Å². The van der Waals surface area contributed by atoms with Crippen molar-refractivity contribution in [1.29, 1.82) is 0 Å². The first kappa shape index (κ1) is 19.5. The zero-order chi connectivity index (χ0) is 19.6. The second-order valence-electron chi connectivity index (χ2n) is 7.45. The highest BCUT2D eigenvalue weighted by Crippen LogP contribution is 2.37. The number of rotatable bonds is 5. The fourth-order valence-electron chi connectivity index (χ4n) is 3.97. The van der Waals surface area contributed by atoms with Gasteiger partial charge in [-0.05, 0) is 43.7 Å². The minimum Gasteiger partial charge on any atom is -0.386 e. The van der Waals surface area contributed by atoms with E-state index in [0.717, 1.165) is 50.2 Å². The molecule has 2 aliphatic rings. The van der Waals surface area contributed by atoms with Crippen LogP contribution in [0.4, 0.5) is 19.0 Å². The Hall–Kier alpha value is -2.25. The number of pyridine rings is 1. The molecule has 1 fully saturated rings. The smallest absolute Gasteiger partial charge is 0.386 e. The molecule has 1 saturated carbocycles. The topological polar surface area (TPSA) is 57.3 Å². The minimum atomic E-state index is -4.36. The molecule has 1 aromatic heterocycles. The van der Waals surface area contributed by atoms with Crippen LogP contribution in [-0.2, 0) is 11.0 Å². The Morgan fingerprint density at radius 2 is 2.15 bits per heavy atom. The van der Waals surface area contributed by atoms with Crippen LogP contribution in [0.25, 0.3) is 0 Å². The molecular weight excluding hydrogens is 357 g/mol. The van der Waals surface area contributed by atoms with Crippen LogP contribution >= 0.6 is 0 Å². The van der Waals surface area contributed by atoms with Crippen molar-refractivity contribution in [1.82, 2.24) is 15.6 Å². The van der Waals surface area contributed by atoms with Crippen LogP contribution in [0.1, 0.15) is 38.2 Å². The molecule has 0 radical (unpaired) electrons. The lowest BCUT2D eigenvalue weighted by Crippen LogP contribution is -2.37. The molecule has 5 nitrogen and oxygen atoms in total.